The largest absolute Gasteiger partial charge is 0.417 e. The van der Waals surface area contributed by atoms with Crippen molar-refractivity contribution in [2.24, 2.45) is 0 Å². The topological polar surface area (TPSA) is 59.2 Å². The van der Waals surface area contributed by atoms with Crippen LogP contribution in [0.1, 0.15) is 26.5 Å². The number of pyridine rings is 1. The zero-order valence-electron chi connectivity index (χ0n) is 14.8. The monoisotopic (exact) mass is 393 g/mol. The number of anilines is 1. The van der Waals surface area contributed by atoms with Crippen LogP contribution >= 0.6 is 11.3 Å². The average Bonchev–Trinajstić information content (AvgIpc) is 2.94. The fraction of sp³-hybridized carbons (Fsp3) is 0.263. The molecule has 2 N–H and O–H groups in total. The molecular formula is C19H18F3N3OS. The summed E-state index contributed by atoms with van der Waals surface area (Å²) in [6.07, 6.45) is -3.93. The first kappa shape index (κ1) is 19.2. The van der Waals surface area contributed by atoms with E-state index >= 15 is 0 Å². The normalized spacial score (nSPS) is 11.7. The first-order valence-electron chi connectivity index (χ1n) is 8.24. The van der Waals surface area contributed by atoms with Gasteiger partial charge in [-0.2, -0.15) is 13.2 Å². The number of thiophene rings is 1. The number of amides is 1. The molecule has 1 amide bonds. The highest BCUT2D eigenvalue weighted by atomic mass is 32.1. The Balaban J connectivity index is 1.92. The maximum Gasteiger partial charge on any atom is 0.417 e. The molecule has 2 aromatic heterocycles. The summed E-state index contributed by atoms with van der Waals surface area (Å²) in [6, 6.07) is 10.6. The second kappa shape index (κ2) is 7.19. The van der Waals surface area contributed by atoms with Crippen molar-refractivity contribution in [3.8, 4) is 0 Å². The molecule has 3 rings (SSSR count). The van der Waals surface area contributed by atoms with Crippen molar-refractivity contribution < 1.29 is 18.0 Å². The van der Waals surface area contributed by atoms with E-state index in [1.807, 2.05) is 30.3 Å². The van der Waals surface area contributed by atoms with Gasteiger partial charge in [0, 0.05) is 24.7 Å². The van der Waals surface area contributed by atoms with E-state index in [4.69, 9.17) is 5.73 Å². The van der Waals surface area contributed by atoms with Crippen molar-refractivity contribution in [1.82, 2.24) is 9.88 Å². The lowest BCUT2D eigenvalue weighted by molar-refractivity contribution is -0.136. The number of fused-ring (bicyclic) bond motifs is 1. The second-order valence-corrected chi connectivity index (χ2v) is 7.30. The molecule has 0 spiro atoms. The highest BCUT2D eigenvalue weighted by Crippen LogP contribution is 2.42. The number of carbonyl (C=O) groups excluding carboxylic acids is 1. The Labute approximate surface area is 158 Å². The SMILES string of the molecule is Cc1cc(C(F)(F)F)c2c(N)c(C(=O)N(C)CCc3ccccc3)sc2n1. The van der Waals surface area contributed by atoms with Gasteiger partial charge in [0.25, 0.3) is 5.91 Å². The van der Waals surface area contributed by atoms with Crippen LogP contribution in [0.3, 0.4) is 0 Å². The number of nitrogens with two attached hydrogens (primary N) is 1. The Kier molecular flexibility index (Phi) is 5.10. The Morgan fingerprint density at radius 1 is 1.26 bits per heavy atom. The van der Waals surface area contributed by atoms with E-state index in [9.17, 15) is 18.0 Å². The van der Waals surface area contributed by atoms with Crippen LogP contribution in [-0.4, -0.2) is 29.4 Å². The van der Waals surface area contributed by atoms with Crippen molar-refractivity contribution in [2.75, 3.05) is 19.3 Å². The number of nitrogens with zero attached hydrogens (tertiary/aromatic N) is 2. The summed E-state index contributed by atoms with van der Waals surface area (Å²) in [7, 11) is 1.61. The van der Waals surface area contributed by atoms with E-state index in [-0.39, 0.29) is 26.5 Å². The number of benzene rings is 1. The van der Waals surface area contributed by atoms with Crippen molar-refractivity contribution in [3.05, 3.63) is 58.1 Å². The van der Waals surface area contributed by atoms with Crippen LogP contribution in [0.25, 0.3) is 10.2 Å². The van der Waals surface area contributed by atoms with Gasteiger partial charge >= 0.3 is 6.18 Å². The number of nitrogen functional groups attached to an aromatic ring is 1. The van der Waals surface area contributed by atoms with Gasteiger partial charge in [0.15, 0.2) is 0 Å². The summed E-state index contributed by atoms with van der Waals surface area (Å²) in [6.45, 7) is 1.91. The lowest BCUT2D eigenvalue weighted by Crippen LogP contribution is -2.28. The number of aromatic nitrogens is 1. The minimum atomic E-state index is -4.57. The van der Waals surface area contributed by atoms with Crippen molar-refractivity contribution in [1.29, 1.82) is 0 Å². The molecule has 142 valence electrons. The van der Waals surface area contributed by atoms with Crippen LogP contribution in [0.5, 0.6) is 0 Å². The van der Waals surface area contributed by atoms with Crippen LogP contribution < -0.4 is 5.73 Å². The highest BCUT2D eigenvalue weighted by molar-refractivity contribution is 7.21. The van der Waals surface area contributed by atoms with Crippen molar-refractivity contribution in [2.45, 2.75) is 19.5 Å². The minimum absolute atomic E-state index is 0.0872. The van der Waals surface area contributed by atoms with Gasteiger partial charge in [0.05, 0.1) is 11.3 Å². The molecule has 0 radical (unpaired) electrons. The highest BCUT2D eigenvalue weighted by Gasteiger charge is 2.36. The smallest absolute Gasteiger partial charge is 0.397 e. The number of halogens is 3. The molecule has 0 aliphatic rings. The average molecular weight is 393 g/mol. The number of aryl methyl sites for hydroxylation is 1. The first-order chi connectivity index (χ1) is 12.7. The van der Waals surface area contributed by atoms with Crippen LogP contribution in [0, 0.1) is 6.92 Å². The number of hydrogen-bond donors (Lipinski definition) is 1. The Morgan fingerprint density at radius 2 is 1.93 bits per heavy atom. The summed E-state index contributed by atoms with van der Waals surface area (Å²) in [5.74, 6) is -0.405. The molecular weight excluding hydrogens is 375 g/mol. The van der Waals surface area contributed by atoms with E-state index in [2.05, 4.69) is 4.98 Å². The number of hydrogen-bond acceptors (Lipinski definition) is 4. The predicted molar refractivity (Wildman–Crippen MR) is 101 cm³/mol. The molecule has 8 heteroatoms. The Hall–Kier alpha value is -2.61. The molecule has 2 heterocycles. The third kappa shape index (κ3) is 3.90. The fourth-order valence-corrected chi connectivity index (χ4v) is 4.00. The predicted octanol–water partition coefficient (Wildman–Crippen LogP) is 4.52. The summed E-state index contributed by atoms with van der Waals surface area (Å²) < 4.78 is 40.1. The maximum absolute atomic E-state index is 13.4. The summed E-state index contributed by atoms with van der Waals surface area (Å²) >= 11 is 0.899. The van der Waals surface area contributed by atoms with E-state index in [0.29, 0.717) is 13.0 Å². The zero-order valence-corrected chi connectivity index (χ0v) is 15.6. The maximum atomic E-state index is 13.4. The van der Waals surface area contributed by atoms with Gasteiger partial charge in [-0.3, -0.25) is 4.79 Å². The van der Waals surface area contributed by atoms with Crippen molar-refractivity contribution in [3.63, 3.8) is 0 Å². The van der Waals surface area contributed by atoms with Crippen LogP contribution in [0.4, 0.5) is 18.9 Å². The molecule has 1 aromatic carbocycles. The van der Waals surface area contributed by atoms with E-state index in [0.717, 1.165) is 23.0 Å². The molecule has 0 bridgehead atoms. The lowest BCUT2D eigenvalue weighted by atomic mass is 10.1. The van der Waals surface area contributed by atoms with Gasteiger partial charge < -0.3 is 10.6 Å². The third-order valence-electron chi connectivity index (χ3n) is 4.25. The number of carbonyl (C=O) groups is 1. The van der Waals surface area contributed by atoms with Crippen molar-refractivity contribution >= 4 is 33.1 Å². The quantitative estimate of drug-likeness (QED) is 0.709. The minimum Gasteiger partial charge on any atom is -0.397 e. The molecule has 0 aliphatic heterocycles. The lowest BCUT2D eigenvalue weighted by Gasteiger charge is -2.16. The molecule has 0 fully saturated rings. The third-order valence-corrected chi connectivity index (χ3v) is 5.34. The van der Waals surface area contributed by atoms with Gasteiger partial charge in [0.2, 0.25) is 0 Å². The van der Waals surface area contributed by atoms with Crippen LogP contribution in [-0.2, 0) is 12.6 Å². The van der Waals surface area contributed by atoms with E-state index in [1.165, 1.54) is 11.8 Å². The molecule has 0 saturated carbocycles. The van der Waals surface area contributed by atoms with Gasteiger partial charge in [-0.1, -0.05) is 30.3 Å². The van der Waals surface area contributed by atoms with Gasteiger partial charge in [-0.05, 0) is 25.0 Å². The summed E-state index contributed by atoms with van der Waals surface area (Å²) in [5.41, 5.74) is 6.23. The van der Waals surface area contributed by atoms with E-state index < -0.39 is 17.6 Å². The van der Waals surface area contributed by atoms with E-state index in [1.54, 1.807) is 7.05 Å². The molecule has 4 nitrogen and oxygen atoms in total. The Morgan fingerprint density at radius 3 is 2.56 bits per heavy atom. The standard InChI is InChI=1S/C19H18F3N3OS/c1-11-10-13(19(20,21)22)14-15(23)16(27-17(14)24-11)18(26)25(2)9-8-12-6-4-3-5-7-12/h3-7,10H,8-9,23H2,1-2H3. The Bertz CT molecular complexity index is 983. The van der Waals surface area contributed by atoms with Gasteiger partial charge in [-0.15, -0.1) is 11.3 Å². The van der Waals surface area contributed by atoms with Crippen LogP contribution in [0.2, 0.25) is 0 Å². The molecule has 3 aromatic rings. The number of likely N-dealkylation sites (N-methyl/N-ethyl adjacent to an activating group) is 1. The van der Waals surface area contributed by atoms with Crippen LogP contribution in [0.15, 0.2) is 36.4 Å². The first-order valence-corrected chi connectivity index (χ1v) is 9.06. The number of rotatable bonds is 4. The molecule has 0 aliphatic carbocycles. The number of alkyl halides is 3. The fourth-order valence-electron chi connectivity index (χ4n) is 2.84. The summed E-state index contributed by atoms with van der Waals surface area (Å²) in [4.78, 5) is 18.6. The molecule has 0 unspecified atom stereocenters. The molecule has 0 atom stereocenters. The zero-order chi connectivity index (χ0) is 19.8. The molecule has 27 heavy (non-hydrogen) atoms. The van der Waals surface area contributed by atoms with Gasteiger partial charge in [-0.25, -0.2) is 4.98 Å². The van der Waals surface area contributed by atoms with Gasteiger partial charge in [0.1, 0.15) is 9.71 Å². The molecule has 0 saturated heterocycles. The second-order valence-electron chi connectivity index (χ2n) is 6.30. The summed E-state index contributed by atoms with van der Waals surface area (Å²) in [5, 5.41) is -0.196.